The Balaban J connectivity index is 0.000000181. The van der Waals surface area contributed by atoms with E-state index in [2.05, 4.69) is 19.9 Å². The minimum Gasteiger partial charge on any atom is -0.481 e. The third-order valence-corrected chi connectivity index (χ3v) is 28.0. The van der Waals surface area contributed by atoms with Crippen LogP contribution < -0.4 is 5.32 Å². The predicted octanol–water partition coefficient (Wildman–Crippen LogP) is 24.4. The van der Waals surface area contributed by atoms with Crippen LogP contribution in [0, 0.1) is 59.7 Å². The van der Waals surface area contributed by atoms with Crippen LogP contribution in [-0.4, -0.2) is 190 Å². The maximum Gasteiger partial charge on any atom is 0.410 e. The number of benzene rings is 6. The Labute approximate surface area is 864 Å². The first-order valence-corrected chi connectivity index (χ1v) is 52.2. The van der Waals surface area contributed by atoms with Gasteiger partial charge in [-0.2, -0.15) is 8.42 Å². The highest BCUT2D eigenvalue weighted by Gasteiger charge is 2.42. The van der Waals surface area contributed by atoms with Crippen molar-refractivity contribution in [3.63, 3.8) is 0 Å². The third kappa shape index (κ3) is 33.7. The third-order valence-electron chi connectivity index (χ3n) is 26.7. The number of aryl methyl sites for hydroxylation is 1. The number of carboxylic acids is 1. The van der Waals surface area contributed by atoms with Gasteiger partial charge < -0.3 is 67.7 Å². The molecule has 6 aliphatic rings. The number of carbonyl (C=O) groups excluding carboxylic acids is 9. The van der Waals surface area contributed by atoms with Crippen LogP contribution in [0.1, 0.15) is 286 Å². The Morgan fingerprint density at radius 2 is 0.803 bits per heavy atom. The Hall–Kier alpha value is -12.1. The number of carboxylic acid groups (broad SMARTS) is 1. The predicted molar refractivity (Wildman–Crippen MR) is 560 cm³/mol. The zero-order valence-electron chi connectivity index (χ0n) is 87.6. The lowest BCUT2D eigenvalue weighted by Gasteiger charge is -2.35. The Morgan fingerprint density at radius 1 is 0.415 bits per heavy atom. The summed E-state index contributed by atoms with van der Waals surface area (Å²) in [5, 5.41) is 16.2. The molecule has 798 valence electrons. The molecule has 0 spiro atoms. The number of hydrogen-bond donors (Lipinski definition) is 4. The van der Waals surface area contributed by atoms with Crippen molar-refractivity contribution in [1.82, 2.24) is 43.7 Å². The lowest BCUT2D eigenvalue weighted by atomic mass is 9.77. The molecular weight excluding hydrogens is 1930 g/mol. The monoisotopic (exact) mass is 2080 g/mol. The Kier molecular flexibility index (Phi) is 41.1. The highest BCUT2D eigenvalue weighted by molar-refractivity contribution is 7.86. The lowest BCUT2D eigenvalue weighted by Crippen LogP contribution is -2.45. The van der Waals surface area contributed by atoms with Crippen LogP contribution in [0.15, 0.2) is 157 Å². The summed E-state index contributed by atoms with van der Waals surface area (Å²) in [4.78, 5) is 133. The number of ketones is 4. The number of nitrogens with one attached hydrogen (secondary N) is 3. The number of esters is 2. The SMILES string of the molecule is CC(=O)c1c[nH]c2ccc(F)cc12.CC(=O)c1cn(C[C@@H]2CCCN2)c2ccc(F)cc12.CC(=O)c1cn(C[C@@H]2CCCN2C(=O)OC(C)(C)C)c2ccc(F)cc12.CC(=O)c1cn(C[C@@H]2CCCN2C(=O)[C@@H](CC(=O)OC(C)(C)C)C2CCCCC2)c2ccc(F)cc12.CC(C)(C)OC(=O)C[C@H](C(=O)O)C1CCCCC1.Cc1ccc(S(=O)(=O)OC[C@@H]2CCCN2C(=O)OC(C)(C)C)cc1.Cl.Fc1ccc2[nH]ccc2c1. The number of Topliss-reactive ketones (excluding diaryl/α,β-unsaturated/α-hetero) is 4. The minimum atomic E-state index is -3.83. The number of rotatable bonds is 22. The number of aliphatic carboxylic acids is 1. The summed E-state index contributed by atoms with van der Waals surface area (Å²) in [7, 11) is -3.83. The Bertz CT molecular complexity index is 6540. The van der Waals surface area contributed by atoms with Crippen molar-refractivity contribution in [2.24, 2.45) is 23.7 Å². The molecule has 0 bridgehead atoms. The maximum absolute atomic E-state index is 14.0. The average molecular weight is 2080 g/mol. The second kappa shape index (κ2) is 51.7. The molecule has 9 heterocycles. The summed E-state index contributed by atoms with van der Waals surface area (Å²) in [5.74, 6) is -4.02. The van der Waals surface area contributed by atoms with Gasteiger partial charge in [-0.3, -0.25) is 42.5 Å². The van der Waals surface area contributed by atoms with Crippen LogP contribution in [0.2, 0.25) is 0 Å². The number of fused-ring (bicyclic) bond motifs is 5. The van der Waals surface area contributed by atoms with Gasteiger partial charge >= 0.3 is 30.1 Å². The van der Waals surface area contributed by atoms with Gasteiger partial charge in [-0.05, 0) is 322 Å². The molecule has 34 heteroatoms. The summed E-state index contributed by atoms with van der Waals surface area (Å²) in [5.41, 5.74) is 5.13. The van der Waals surface area contributed by atoms with E-state index < -0.39 is 56.5 Å². The zero-order valence-corrected chi connectivity index (χ0v) is 89.3. The number of nitrogens with zero attached hydrogens (tertiary/aromatic N) is 6. The van der Waals surface area contributed by atoms with Gasteiger partial charge in [0, 0.05) is 159 Å². The summed E-state index contributed by atoms with van der Waals surface area (Å²) in [6, 6.07) is 31.1. The maximum atomic E-state index is 14.0. The molecule has 147 heavy (non-hydrogen) atoms. The van der Waals surface area contributed by atoms with E-state index in [1.165, 1.54) is 120 Å². The van der Waals surface area contributed by atoms with Crippen molar-refractivity contribution < 1.29 is 107 Å². The van der Waals surface area contributed by atoms with Crippen molar-refractivity contribution >= 4 is 136 Å². The molecular formula is C113H145ClF5N9O18S. The molecule has 6 atom stereocenters. The van der Waals surface area contributed by atoms with Gasteiger partial charge in [0.1, 0.15) is 51.5 Å². The standard InChI is InChI=1S/C29H39FN2O4.C20H25FN2O3.C17H25NO5S.C15H17FN2O.C14H24O4.C10H8FNO.C8H6FN.ClH/c1-19(33)25-18-31(26-13-12-21(30)15-24(25)26)17-22-11-8-14-32(22)28(35)23(20-9-6-5-7-10-20)16-27(34)36-29(2,3)4;1-13(24)17-12-22(18-8-7-14(21)10-16(17)18)11-15-6-5-9-23(15)19(25)26-20(2,3)4;1-13-7-9-15(10-8-13)24(20,21)22-12-14-6-5-11-18(14)16(19)23-17(2,3)4;1-10(19)14-9-18(8-12-3-2-6-17-12)15-5-4-11(16)7-13(14)15;1-14(2,3)18-12(15)9-11(13(16)17)10-7-5-4-6-8-10;1-6(13)9-5-12-10-3-2-7(11)4-8(9)10;9-7-1-2-8-6(5-7)3-4-10-8;/h12-13,15,18,20,22-23H,5-11,14,16-17H2,1-4H3;7-8,10,12,15H,5-6,9,11H2,1-4H3;7-10,14H,5-6,11-12H2,1-4H3;4-5,7,9,12,17H,2-3,6,8H2,1H3;10-11H,4-9H2,1-3H3,(H,16,17);2-5,12H,1H3;1-5,10H;1H/t22-,23-;15-;14-;12-;11-;;;/m00000.../s1. The van der Waals surface area contributed by atoms with Gasteiger partial charge in [-0.25, -0.2) is 31.5 Å². The highest BCUT2D eigenvalue weighted by Crippen LogP contribution is 2.39. The van der Waals surface area contributed by atoms with Crippen LogP contribution in [0.3, 0.4) is 0 Å². The van der Waals surface area contributed by atoms with Gasteiger partial charge in [0.25, 0.3) is 10.1 Å². The molecule has 2 aliphatic carbocycles. The number of amides is 3. The topological polar surface area (TPSA) is 339 Å². The van der Waals surface area contributed by atoms with Crippen molar-refractivity contribution in [1.29, 1.82) is 0 Å². The summed E-state index contributed by atoms with van der Waals surface area (Å²) >= 11 is 0. The van der Waals surface area contributed by atoms with E-state index in [4.69, 9.17) is 23.1 Å². The number of ether oxygens (including phenoxy) is 4. The first-order valence-electron chi connectivity index (χ1n) is 50.8. The van der Waals surface area contributed by atoms with E-state index in [1.807, 2.05) is 74.8 Å². The fourth-order valence-electron chi connectivity index (χ4n) is 19.9. The van der Waals surface area contributed by atoms with Gasteiger partial charge in [-0.15, -0.1) is 12.4 Å². The molecule has 2 saturated carbocycles. The van der Waals surface area contributed by atoms with Crippen molar-refractivity contribution in [3.05, 3.63) is 209 Å². The van der Waals surface area contributed by atoms with E-state index in [-0.39, 0.29) is 143 Å². The number of halogens is 6. The minimum absolute atomic E-state index is 0. The first kappa shape index (κ1) is 117. The number of likely N-dealkylation sites (tertiary alicyclic amines) is 3. The molecule has 0 radical (unpaired) electrons. The van der Waals surface area contributed by atoms with Crippen LogP contribution >= 0.6 is 12.4 Å². The first-order chi connectivity index (χ1) is 68.8. The normalized spacial score (nSPS) is 17.6. The van der Waals surface area contributed by atoms with Crippen LogP contribution in [0.5, 0.6) is 0 Å². The highest BCUT2D eigenvalue weighted by atomic mass is 35.5. The summed E-state index contributed by atoms with van der Waals surface area (Å²) < 4.78 is 124. The quantitative estimate of drug-likeness (QED) is 0.0161. The molecule has 27 nitrogen and oxygen atoms in total. The molecule has 4 saturated heterocycles. The van der Waals surface area contributed by atoms with Gasteiger partial charge in [0.05, 0.1) is 48.3 Å². The molecule has 5 aromatic heterocycles. The van der Waals surface area contributed by atoms with E-state index in [0.29, 0.717) is 89.0 Å². The molecule has 6 aromatic carbocycles. The molecule has 17 rings (SSSR count). The number of carbonyl (C=O) groups is 10. The molecule has 4 aliphatic heterocycles. The molecule has 4 N–H and O–H groups in total. The lowest BCUT2D eigenvalue weighted by molar-refractivity contribution is -0.161. The smallest absolute Gasteiger partial charge is 0.410 e. The summed E-state index contributed by atoms with van der Waals surface area (Å²) in [6.07, 6.45) is 26.0. The van der Waals surface area contributed by atoms with Crippen molar-refractivity contribution in [2.45, 2.75) is 317 Å². The molecule has 3 amide bonds. The van der Waals surface area contributed by atoms with Gasteiger partial charge in [-0.1, -0.05) is 56.2 Å². The number of hydrogen-bond acceptors (Lipinski definition) is 18. The zero-order chi connectivity index (χ0) is 107. The van der Waals surface area contributed by atoms with Crippen LogP contribution in [0.25, 0.3) is 54.5 Å². The number of aromatic amines is 2. The second-order valence-corrected chi connectivity index (χ2v) is 44.6. The van der Waals surface area contributed by atoms with Crippen LogP contribution in [-0.2, 0) is 72.1 Å². The van der Waals surface area contributed by atoms with Gasteiger partial charge in [0.2, 0.25) is 5.91 Å². The molecule has 11 aromatic rings. The van der Waals surface area contributed by atoms with Crippen LogP contribution in [0.4, 0.5) is 31.5 Å². The largest absolute Gasteiger partial charge is 0.481 e. The fourth-order valence-corrected chi connectivity index (χ4v) is 20.8. The number of aromatic nitrogens is 5. The van der Waals surface area contributed by atoms with E-state index in [9.17, 15) is 83.4 Å². The number of H-pyrrole nitrogens is 2. The van der Waals surface area contributed by atoms with E-state index >= 15 is 0 Å². The summed E-state index contributed by atoms with van der Waals surface area (Å²) in [6.45, 7) is 34.5. The second-order valence-electron chi connectivity index (χ2n) is 42.9. The average Bonchev–Trinajstić information content (AvgIpc) is 1.63. The van der Waals surface area contributed by atoms with Gasteiger partial charge in [0.15, 0.2) is 23.1 Å². The van der Waals surface area contributed by atoms with Crippen molar-refractivity contribution in [3.8, 4) is 0 Å². The van der Waals surface area contributed by atoms with E-state index in [1.54, 1.807) is 119 Å². The van der Waals surface area contributed by atoms with Crippen molar-refractivity contribution in [2.75, 3.05) is 32.8 Å². The molecule has 0 unspecified atom stereocenters. The fraction of sp³-hybridized carbons (Fsp3) is 0.504. The van der Waals surface area contributed by atoms with E-state index in [0.717, 1.165) is 142 Å². The molecule has 6 fully saturated rings. The Morgan fingerprint density at radius 3 is 1.23 bits per heavy atom.